The van der Waals surface area contributed by atoms with Gasteiger partial charge in [0.1, 0.15) is 12.8 Å². The van der Waals surface area contributed by atoms with Gasteiger partial charge in [-0.25, -0.2) is 4.79 Å². The predicted molar refractivity (Wildman–Crippen MR) is 137 cm³/mol. The molecule has 0 aliphatic rings. The number of aliphatic hydroxyl groups excluding tert-OH is 1. The Balaban J connectivity index is 2.86. The highest BCUT2D eigenvalue weighted by Crippen LogP contribution is 2.13. The third-order valence-electron chi connectivity index (χ3n) is 5.43. The number of carbonyl (C=O) groups is 2. The lowest BCUT2D eigenvalue weighted by molar-refractivity contribution is -0.125. The minimum atomic E-state index is -1.69. The van der Waals surface area contributed by atoms with Crippen molar-refractivity contribution in [2.45, 2.75) is 91.7 Å². The fraction of sp³-hybridized carbons (Fsp3) is 0.680. The number of amides is 2. The molecule has 9 nitrogen and oxygen atoms in total. The summed E-state index contributed by atoms with van der Waals surface area (Å²) in [5.74, 6) is -0.838. The summed E-state index contributed by atoms with van der Waals surface area (Å²) in [4.78, 5) is 25.4. The van der Waals surface area contributed by atoms with E-state index in [4.69, 9.17) is 4.74 Å². The molecular weight excluding hydrogens is 449 g/mol. The van der Waals surface area contributed by atoms with E-state index in [1.165, 1.54) is 0 Å². The van der Waals surface area contributed by atoms with Gasteiger partial charge in [-0.15, -0.1) is 0 Å². The summed E-state index contributed by atoms with van der Waals surface area (Å²) < 4.78 is 5.30. The number of alkyl carbamates (subject to hydrolysis) is 1. The minimum Gasteiger partial charge on any atom is -0.445 e. The van der Waals surface area contributed by atoms with Gasteiger partial charge in [0, 0.05) is 0 Å². The molecule has 0 bridgehead atoms. The molecule has 0 radical (unpaired) electrons. The van der Waals surface area contributed by atoms with Gasteiger partial charge in [0.15, 0.2) is 0 Å². The molecule has 0 aromatic heterocycles. The van der Waals surface area contributed by atoms with Gasteiger partial charge in [-0.05, 0) is 42.6 Å². The lowest BCUT2D eigenvalue weighted by Gasteiger charge is -2.31. The van der Waals surface area contributed by atoms with Crippen LogP contribution in [0.3, 0.4) is 0 Å². The average Bonchev–Trinajstić information content (AvgIpc) is 2.76. The molecule has 0 heterocycles. The number of benzene rings is 1. The molecule has 0 aliphatic carbocycles. The highest BCUT2D eigenvalue weighted by atomic mass is 16.5. The third kappa shape index (κ3) is 12.9. The van der Waals surface area contributed by atoms with Crippen LogP contribution >= 0.6 is 0 Å². The maximum atomic E-state index is 13.0. The summed E-state index contributed by atoms with van der Waals surface area (Å²) in [6.07, 6.45) is -0.628. The summed E-state index contributed by atoms with van der Waals surface area (Å²) >= 11 is 0. The second-order valence-corrected chi connectivity index (χ2v) is 10.4. The second-order valence-electron chi connectivity index (χ2n) is 10.4. The Bertz CT molecular complexity index is 748. The highest BCUT2D eigenvalue weighted by molar-refractivity contribution is 6.43. The van der Waals surface area contributed by atoms with E-state index in [0.717, 1.165) is 5.56 Å². The number of rotatable bonds is 15. The number of aliphatic hydroxyl groups is 1. The maximum absolute atomic E-state index is 13.0. The van der Waals surface area contributed by atoms with Crippen LogP contribution in [0, 0.1) is 17.8 Å². The Kier molecular flexibility index (Phi) is 13.9. The largest absolute Gasteiger partial charge is 0.475 e. The fourth-order valence-corrected chi connectivity index (χ4v) is 3.78. The van der Waals surface area contributed by atoms with Gasteiger partial charge in [-0.1, -0.05) is 71.9 Å². The van der Waals surface area contributed by atoms with Gasteiger partial charge in [0.05, 0.1) is 18.0 Å². The fourth-order valence-electron chi connectivity index (χ4n) is 3.78. The smallest absolute Gasteiger partial charge is 0.445 e. The van der Waals surface area contributed by atoms with Crippen molar-refractivity contribution in [3.63, 3.8) is 0 Å². The van der Waals surface area contributed by atoms with E-state index in [1.807, 2.05) is 71.9 Å². The lowest BCUT2D eigenvalue weighted by Crippen LogP contribution is -2.59. The minimum absolute atomic E-state index is 0.101. The predicted octanol–water partition coefficient (Wildman–Crippen LogP) is 2.19. The van der Waals surface area contributed by atoms with Crippen LogP contribution in [-0.4, -0.2) is 58.5 Å². The van der Waals surface area contributed by atoms with Crippen LogP contribution < -0.4 is 16.0 Å². The monoisotopic (exact) mass is 493 g/mol. The van der Waals surface area contributed by atoms with E-state index < -0.39 is 43.4 Å². The van der Waals surface area contributed by atoms with Gasteiger partial charge in [-0.2, -0.15) is 0 Å². The van der Waals surface area contributed by atoms with Crippen molar-refractivity contribution in [1.82, 2.24) is 16.0 Å². The first kappa shape index (κ1) is 30.9. The van der Waals surface area contributed by atoms with E-state index in [2.05, 4.69) is 16.0 Å². The van der Waals surface area contributed by atoms with Gasteiger partial charge >= 0.3 is 13.2 Å². The molecule has 2 amide bonds. The lowest BCUT2D eigenvalue weighted by atomic mass is 9.75. The molecule has 10 heteroatoms. The zero-order valence-electron chi connectivity index (χ0n) is 21.9. The van der Waals surface area contributed by atoms with Gasteiger partial charge in [-0.3, -0.25) is 10.1 Å². The Hall–Kier alpha value is -2.14. The number of carbonyl (C=O) groups excluding carboxylic acids is 2. The van der Waals surface area contributed by atoms with Crippen molar-refractivity contribution < 1.29 is 29.5 Å². The topological polar surface area (TPSA) is 140 Å². The van der Waals surface area contributed by atoms with Gasteiger partial charge in [0.25, 0.3) is 0 Å². The zero-order valence-corrected chi connectivity index (χ0v) is 21.9. The molecule has 1 rings (SSSR count). The Morgan fingerprint density at radius 3 is 1.97 bits per heavy atom. The van der Waals surface area contributed by atoms with Crippen LogP contribution in [-0.2, 0) is 16.1 Å². The molecule has 0 saturated carbocycles. The SMILES string of the molecule is CC(C)C[C@H](NC(=O)[C@H](CC(C)C)NC(O)[C@H](CC(C)C)NC(=O)OCc1ccccc1)B(O)O. The van der Waals surface area contributed by atoms with Crippen molar-refractivity contribution in [2.24, 2.45) is 17.8 Å². The van der Waals surface area contributed by atoms with Crippen LogP contribution in [0.1, 0.15) is 66.4 Å². The van der Waals surface area contributed by atoms with Crippen molar-refractivity contribution in [1.29, 1.82) is 0 Å². The van der Waals surface area contributed by atoms with E-state index in [0.29, 0.717) is 19.3 Å². The number of ether oxygens (including phenoxy) is 1. The highest BCUT2D eigenvalue weighted by Gasteiger charge is 2.32. The second kappa shape index (κ2) is 15.8. The Morgan fingerprint density at radius 1 is 0.886 bits per heavy atom. The van der Waals surface area contributed by atoms with E-state index >= 15 is 0 Å². The quantitative estimate of drug-likeness (QED) is 0.163. The summed E-state index contributed by atoms with van der Waals surface area (Å²) in [7, 11) is -1.69. The third-order valence-corrected chi connectivity index (χ3v) is 5.43. The summed E-state index contributed by atoms with van der Waals surface area (Å²) in [6.45, 7) is 11.8. The first-order chi connectivity index (χ1) is 16.4. The van der Waals surface area contributed by atoms with Gasteiger partial charge in [0.2, 0.25) is 5.91 Å². The van der Waals surface area contributed by atoms with E-state index in [1.54, 1.807) is 0 Å². The molecule has 1 aromatic rings. The Labute approximate surface area is 210 Å². The molecule has 1 aromatic carbocycles. The summed E-state index contributed by atoms with van der Waals surface area (Å²) in [5.41, 5.74) is 0.845. The summed E-state index contributed by atoms with van der Waals surface area (Å²) in [6, 6.07) is 7.78. The van der Waals surface area contributed by atoms with Crippen LogP contribution in [0.25, 0.3) is 0 Å². The zero-order chi connectivity index (χ0) is 26.5. The molecule has 0 spiro atoms. The summed E-state index contributed by atoms with van der Waals surface area (Å²) in [5, 5.41) is 38.7. The maximum Gasteiger partial charge on any atom is 0.475 e. The molecule has 0 saturated heterocycles. The van der Waals surface area contributed by atoms with Crippen LogP contribution in [0.2, 0.25) is 0 Å². The molecule has 0 fully saturated rings. The number of nitrogens with one attached hydrogen (secondary N) is 3. The molecule has 4 atom stereocenters. The normalized spacial score (nSPS) is 15.0. The number of hydrogen-bond acceptors (Lipinski definition) is 7. The number of hydrogen-bond donors (Lipinski definition) is 6. The van der Waals surface area contributed by atoms with Crippen molar-refractivity contribution in [3.8, 4) is 0 Å². The molecule has 198 valence electrons. The van der Waals surface area contributed by atoms with Crippen LogP contribution in [0.5, 0.6) is 0 Å². The molecule has 0 aliphatic heterocycles. The first-order valence-corrected chi connectivity index (χ1v) is 12.5. The van der Waals surface area contributed by atoms with Crippen molar-refractivity contribution >= 4 is 19.1 Å². The van der Waals surface area contributed by atoms with Crippen LogP contribution in [0.15, 0.2) is 30.3 Å². The van der Waals surface area contributed by atoms with Crippen LogP contribution in [0.4, 0.5) is 4.79 Å². The van der Waals surface area contributed by atoms with Gasteiger partial charge < -0.3 is 30.5 Å². The Morgan fingerprint density at radius 2 is 1.46 bits per heavy atom. The van der Waals surface area contributed by atoms with Crippen molar-refractivity contribution in [2.75, 3.05) is 0 Å². The first-order valence-electron chi connectivity index (χ1n) is 12.5. The average molecular weight is 493 g/mol. The van der Waals surface area contributed by atoms with Crippen molar-refractivity contribution in [3.05, 3.63) is 35.9 Å². The molecule has 6 N–H and O–H groups in total. The van der Waals surface area contributed by atoms with E-state index in [-0.39, 0.29) is 24.4 Å². The molecular formula is C25H44BN3O6. The van der Waals surface area contributed by atoms with E-state index in [9.17, 15) is 24.7 Å². The molecule has 1 unspecified atom stereocenters. The molecule has 35 heavy (non-hydrogen) atoms. The standard InChI is InChI=1S/C25H44BN3O6/c1-16(2)12-20(24(31)29-22(26(33)34)14-18(5)6)27-23(30)21(13-17(3)4)28-25(32)35-15-19-10-8-7-9-11-19/h7-11,16-18,20-23,27,30,33-34H,12-15H2,1-6H3,(H,28,32)(H,29,31)/t20-,21-,22-,23?/m0/s1.